The van der Waals surface area contributed by atoms with Crippen LogP contribution in [0, 0.1) is 5.82 Å². The van der Waals surface area contributed by atoms with Gasteiger partial charge in [0.2, 0.25) is 10.0 Å². The highest BCUT2D eigenvalue weighted by Gasteiger charge is 2.27. The zero-order valence-electron chi connectivity index (χ0n) is 12.8. The van der Waals surface area contributed by atoms with E-state index in [9.17, 15) is 12.8 Å². The summed E-state index contributed by atoms with van der Waals surface area (Å²) in [5.41, 5.74) is 2.13. The van der Waals surface area contributed by atoms with Crippen molar-refractivity contribution in [3.63, 3.8) is 0 Å². The van der Waals surface area contributed by atoms with Gasteiger partial charge in [0.25, 0.3) is 0 Å². The number of fused-ring (bicyclic) bond motifs is 1. The zero-order valence-corrected chi connectivity index (χ0v) is 13.6. The predicted octanol–water partition coefficient (Wildman–Crippen LogP) is 3.19. The smallest absolute Gasteiger partial charge is 0.244 e. The molecule has 0 aromatic heterocycles. The SMILES string of the molecule is COc1ccc(F)cc1S(=O)(=O)NC1CCCc2ccccc21. The van der Waals surface area contributed by atoms with E-state index >= 15 is 0 Å². The normalized spacial score (nSPS) is 17.6. The number of rotatable bonds is 4. The maximum absolute atomic E-state index is 13.5. The molecule has 2 aromatic carbocycles. The second-order valence-electron chi connectivity index (χ2n) is 5.56. The van der Waals surface area contributed by atoms with Gasteiger partial charge in [-0.15, -0.1) is 0 Å². The molecule has 1 aliphatic rings. The van der Waals surface area contributed by atoms with Crippen LogP contribution in [0.2, 0.25) is 0 Å². The Kier molecular flexibility index (Phi) is 4.37. The predicted molar refractivity (Wildman–Crippen MR) is 85.4 cm³/mol. The minimum atomic E-state index is -3.88. The highest BCUT2D eigenvalue weighted by Crippen LogP contribution is 2.32. The molecule has 0 fully saturated rings. The van der Waals surface area contributed by atoms with Gasteiger partial charge in [-0.2, -0.15) is 0 Å². The van der Waals surface area contributed by atoms with Gasteiger partial charge in [-0.1, -0.05) is 24.3 Å². The molecule has 23 heavy (non-hydrogen) atoms. The summed E-state index contributed by atoms with van der Waals surface area (Å²) in [4.78, 5) is -0.178. The highest BCUT2D eigenvalue weighted by atomic mass is 32.2. The molecule has 0 aliphatic heterocycles. The Morgan fingerprint density at radius 1 is 1.22 bits per heavy atom. The summed E-state index contributed by atoms with van der Waals surface area (Å²) < 4.78 is 46.6. The van der Waals surface area contributed by atoms with E-state index in [1.54, 1.807) is 0 Å². The van der Waals surface area contributed by atoms with Crippen molar-refractivity contribution in [2.24, 2.45) is 0 Å². The number of hydrogen-bond donors (Lipinski definition) is 1. The van der Waals surface area contributed by atoms with Gasteiger partial charge in [0.1, 0.15) is 16.5 Å². The molecule has 122 valence electrons. The monoisotopic (exact) mass is 335 g/mol. The lowest BCUT2D eigenvalue weighted by Crippen LogP contribution is -2.31. The van der Waals surface area contributed by atoms with Gasteiger partial charge in [-0.05, 0) is 48.6 Å². The van der Waals surface area contributed by atoms with Crippen molar-refractivity contribution in [1.82, 2.24) is 4.72 Å². The highest BCUT2D eigenvalue weighted by molar-refractivity contribution is 7.89. The molecule has 4 nitrogen and oxygen atoms in total. The first-order chi connectivity index (χ1) is 11.0. The molecule has 0 saturated carbocycles. The van der Waals surface area contributed by atoms with E-state index in [1.165, 1.54) is 19.2 Å². The van der Waals surface area contributed by atoms with Crippen LogP contribution in [-0.2, 0) is 16.4 Å². The number of benzene rings is 2. The maximum atomic E-state index is 13.5. The number of nitrogens with one attached hydrogen (secondary N) is 1. The van der Waals surface area contributed by atoms with E-state index < -0.39 is 15.8 Å². The largest absolute Gasteiger partial charge is 0.495 e. The van der Waals surface area contributed by atoms with Gasteiger partial charge in [-0.3, -0.25) is 0 Å². The number of sulfonamides is 1. The van der Waals surface area contributed by atoms with Gasteiger partial charge in [0.15, 0.2) is 0 Å². The van der Waals surface area contributed by atoms with Crippen molar-refractivity contribution < 1.29 is 17.5 Å². The van der Waals surface area contributed by atoms with E-state index in [2.05, 4.69) is 4.72 Å². The number of hydrogen-bond acceptors (Lipinski definition) is 3. The lowest BCUT2D eigenvalue weighted by Gasteiger charge is -2.26. The lowest BCUT2D eigenvalue weighted by molar-refractivity contribution is 0.399. The lowest BCUT2D eigenvalue weighted by atomic mass is 9.88. The second-order valence-corrected chi connectivity index (χ2v) is 7.24. The Labute approximate surface area is 135 Å². The van der Waals surface area contributed by atoms with Crippen molar-refractivity contribution in [3.05, 3.63) is 59.4 Å². The van der Waals surface area contributed by atoms with Crippen LogP contribution >= 0.6 is 0 Å². The Hall–Kier alpha value is -1.92. The summed E-state index contributed by atoms with van der Waals surface area (Å²) in [5.74, 6) is -0.488. The van der Waals surface area contributed by atoms with Crippen LogP contribution < -0.4 is 9.46 Å². The molecule has 0 amide bonds. The third-order valence-corrected chi connectivity index (χ3v) is 5.57. The van der Waals surface area contributed by atoms with Gasteiger partial charge in [0.05, 0.1) is 7.11 Å². The molecule has 0 heterocycles. The number of halogens is 1. The Morgan fingerprint density at radius 3 is 2.78 bits per heavy atom. The van der Waals surface area contributed by atoms with E-state index in [1.807, 2.05) is 24.3 Å². The van der Waals surface area contributed by atoms with E-state index in [0.717, 1.165) is 30.0 Å². The standard InChI is InChI=1S/C17H18FNO3S/c1-22-16-10-9-13(18)11-17(16)23(20,21)19-15-8-4-6-12-5-2-3-7-14(12)15/h2-3,5,7,9-11,15,19H,4,6,8H2,1H3. The van der Waals surface area contributed by atoms with E-state index in [-0.39, 0.29) is 16.7 Å². The van der Waals surface area contributed by atoms with Crippen LogP contribution in [0.1, 0.15) is 30.0 Å². The van der Waals surface area contributed by atoms with Crippen LogP contribution in [0.25, 0.3) is 0 Å². The van der Waals surface area contributed by atoms with Gasteiger partial charge < -0.3 is 4.74 Å². The third-order valence-electron chi connectivity index (χ3n) is 4.08. The summed E-state index contributed by atoms with van der Waals surface area (Å²) in [6.45, 7) is 0. The van der Waals surface area contributed by atoms with Crippen molar-refractivity contribution in [2.45, 2.75) is 30.2 Å². The van der Waals surface area contributed by atoms with Crippen molar-refractivity contribution in [1.29, 1.82) is 0 Å². The first-order valence-electron chi connectivity index (χ1n) is 7.45. The quantitative estimate of drug-likeness (QED) is 0.933. The first-order valence-corrected chi connectivity index (χ1v) is 8.93. The Bertz CT molecular complexity index is 820. The van der Waals surface area contributed by atoms with Crippen LogP contribution in [0.5, 0.6) is 5.75 Å². The fourth-order valence-electron chi connectivity index (χ4n) is 2.99. The molecule has 0 saturated heterocycles. The first kappa shape index (κ1) is 16.0. The second kappa shape index (κ2) is 6.29. The average Bonchev–Trinajstić information content (AvgIpc) is 2.55. The minimum absolute atomic E-state index is 0.128. The van der Waals surface area contributed by atoms with Gasteiger partial charge >= 0.3 is 0 Å². The number of ether oxygens (including phenoxy) is 1. The topological polar surface area (TPSA) is 55.4 Å². The summed E-state index contributed by atoms with van der Waals surface area (Å²) in [5, 5.41) is 0. The molecule has 3 rings (SSSR count). The van der Waals surface area contributed by atoms with E-state index in [0.29, 0.717) is 6.42 Å². The summed E-state index contributed by atoms with van der Waals surface area (Å²) >= 11 is 0. The molecule has 6 heteroatoms. The molecular weight excluding hydrogens is 317 g/mol. The molecule has 0 spiro atoms. The number of aryl methyl sites for hydroxylation is 1. The summed E-state index contributed by atoms with van der Waals surface area (Å²) in [6, 6.07) is 11.0. The molecule has 1 aliphatic carbocycles. The van der Waals surface area contributed by atoms with Crippen LogP contribution in [0.3, 0.4) is 0 Å². The summed E-state index contributed by atoms with van der Waals surface area (Å²) in [7, 11) is -2.52. The Morgan fingerprint density at radius 2 is 2.00 bits per heavy atom. The van der Waals surface area contributed by atoms with Gasteiger partial charge in [-0.25, -0.2) is 17.5 Å². The van der Waals surface area contributed by atoms with Crippen molar-refractivity contribution in [3.8, 4) is 5.75 Å². The summed E-state index contributed by atoms with van der Waals surface area (Å²) in [6.07, 6.45) is 2.57. The van der Waals surface area contributed by atoms with Crippen LogP contribution in [0.15, 0.2) is 47.4 Å². The Balaban J connectivity index is 1.96. The molecular formula is C17H18FNO3S. The zero-order chi connectivity index (χ0) is 16.4. The average molecular weight is 335 g/mol. The van der Waals surface area contributed by atoms with Crippen LogP contribution in [-0.4, -0.2) is 15.5 Å². The fraction of sp³-hybridized carbons (Fsp3) is 0.294. The molecule has 2 aromatic rings. The minimum Gasteiger partial charge on any atom is -0.495 e. The third kappa shape index (κ3) is 3.23. The maximum Gasteiger partial charge on any atom is 0.244 e. The van der Waals surface area contributed by atoms with Crippen molar-refractivity contribution >= 4 is 10.0 Å². The molecule has 1 atom stereocenters. The molecule has 0 bridgehead atoms. The molecule has 0 radical (unpaired) electrons. The van der Waals surface area contributed by atoms with E-state index in [4.69, 9.17) is 4.74 Å². The molecule has 1 unspecified atom stereocenters. The van der Waals surface area contributed by atoms with Crippen LogP contribution in [0.4, 0.5) is 4.39 Å². The van der Waals surface area contributed by atoms with Gasteiger partial charge in [0, 0.05) is 6.04 Å². The fourth-order valence-corrected chi connectivity index (χ4v) is 4.42. The number of methoxy groups -OCH3 is 1. The molecule has 1 N–H and O–H groups in total. The van der Waals surface area contributed by atoms with Crippen molar-refractivity contribution in [2.75, 3.05) is 7.11 Å².